The lowest BCUT2D eigenvalue weighted by molar-refractivity contribution is 0.265. The number of halogens is 1. The molecule has 1 aromatic heterocycles. The zero-order valence-electron chi connectivity index (χ0n) is 10.1. The molecule has 1 heterocycles. The van der Waals surface area contributed by atoms with Crippen molar-refractivity contribution in [3.63, 3.8) is 0 Å². The number of benzene rings is 1. The van der Waals surface area contributed by atoms with E-state index in [9.17, 15) is 5.11 Å². The van der Waals surface area contributed by atoms with Gasteiger partial charge in [-0.2, -0.15) is 0 Å². The van der Waals surface area contributed by atoms with Crippen molar-refractivity contribution < 1.29 is 5.11 Å². The molecule has 3 rings (SSSR count). The molecule has 5 heteroatoms. The Labute approximate surface area is 114 Å². The normalized spacial score (nSPS) is 15.1. The van der Waals surface area contributed by atoms with Crippen molar-refractivity contribution >= 4 is 15.9 Å². The van der Waals surface area contributed by atoms with Crippen molar-refractivity contribution in [1.82, 2.24) is 14.8 Å². The van der Waals surface area contributed by atoms with Crippen LogP contribution in [0.15, 0.2) is 22.7 Å². The SMILES string of the molecule is Cc1c(Br)cccc1-c1nnc(CO)n1C1CC1. The lowest BCUT2D eigenvalue weighted by atomic mass is 10.1. The summed E-state index contributed by atoms with van der Waals surface area (Å²) in [7, 11) is 0. The Balaban J connectivity index is 2.17. The minimum atomic E-state index is -0.0590. The monoisotopic (exact) mass is 307 g/mol. The first kappa shape index (κ1) is 11.9. The average molecular weight is 308 g/mol. The summed E-state index contributed by atoms with van der Waals surface area (Å²) < 4.78 is 3.14. The van der Waals surface area contributed by atoms with Crippen molar-refractivity contribution in [2.45, 2.75) is 32.4 Å². The number of rotatable bonds is 3. The van der Waals surface area contributed by atoms with Gasteiger partial charge >= 0.3 is 0 Å². The van der Waals surface area contributed by atoms with Gasteiger partial charge in [0, 0.05) is 16.1 Å². The van der Waals surface area contributed by atoms with Gasteiger partial charge in [-0.15, -0.1) is 10.2 Å². The van der Waals surface area contributed by atoms with E-state index in [0.29, 0.717) is 11.9 Å². The molecule has 0 unspecified atom stereocenters. The van der Waals surface area contributed by atoms with Crippen LogP contribution in [0.4, 0.5) is 0 Å². The van der Waals surface area contributed by atoms with Crippen LogP contribution >= 0.6 is 15.9 Å². The van der Waals surface area contributed by atoms with Crippen LogP contribution < -0.4 is 0 Å². The summed E-state index contributed by atoms with van der Waals surface area (Å²) in [6.07, 6.45) is 2.29. The second kappa shape index (κ2) is 4.48. The Morgan fingerprint density at radius 3 is 2.83 bits per heavy atom. The van der Waals surface area contributed by atoms with Crippen LogP contribution in [0.25, 0.3) is 11.4 Å². The van der Waals surface area contributed by atoms with Gasteiger partial charge in [0.1, 0.15) is 6.61 Å². The number of aromatic nitrogens is 3. The summed E-state index contributed by atoms with van der Waals surface area (Å²) in [5, 5.41) is 17.7. The molecule has 1 aromatic carbocycles. The number of hydrogen-bond donors (Lipinski definition) is 1. The minimum absolute atomic E-state index is 0.0590. The largest absolute Gasteiger partial charge is 0.388 e. The first-order chi connectivity index (χ1) is 8.72. The van der Waals surface area contributed by atoms with E-state index < -0.39 is 0 Å². The molecule has 4 nitrogen and oxygen atoms in total. The molecule has 18 heavy (non-hydrogen) atoms. The third-order valence-corrected chi connectivity index (χ3v) is 4.19. The molecule has 0 radical (unpaired) electrons. The highest BCUT2D eigenvalue weighted by molar-refractivity contribution is 9.10. The van der Waals surface area contributed by atoms with Crippen LogP contribution in [0, 0.1) is 6.92 Å². The van der Waals surface area contributed by atoms with Crippen molar-refractivity contribution in [3.8, 4) is 11.4 Å². The van der Waals surface area contributed by atoms with E-state index >= 15 is 0 Å². The average Bonchev–Trinajstić information content (AvgIpc) is 3.12. The van der Waals surface area contributed by atoms with Crippen molar-refractivity contribution in [1.29, 1.82) is 0 Å². The summed E-state index contributed by atoms with van der Waals surface area (Å²) in [4.78, 5) is 0. The molecular weight excluding hydrogens is 294 g/mol. The Morgan fingerprint density at radius 2 is 2.17 bits per heavy atom. The van der Waals surface area contributed by atoms with E-state index in [1.165, 1.54) is 0 Å². The predicted octanol–water partition coefficient (Wildman–Crippen LogP) is 2.84. The third-order valence-electron chi connectivity index (χ3n) is 3.33. The molecule has 0 atom stereocenters. The van der Waals surface area contributed by atoms with Crippen LogP contribution in [0.3, 0.4) is 0 Å². The fourth-order valence-corrected chi connectivity index (χ4v) is 2.55. The molecule has 1 saturated carbocycles. The Morgan fingerprint density at radius 1 is 1.39 bits per heavy atom. The van der Waals surface area contributed by atoms with Crippen LogP contribution in [-0.4, -0.2) is 19.9 Å². The fourth-order valence-electron chi connectivity index (χ4n) is 2.18. The summed E-state index contributed by atoms with van der Waals surface area (Å²) in [6.45, 7) is 2.00. The molecule has 0 spiro atoms. The zero-order chi connectivity index (χ0) is 12.7. The Bertz CT molecular complexity index is 590. The first-order valence-electron chi connectivity index (χ1n) is 6.02. The molecule has 0 bridgehead atoms. The van der Waals surface area contributed by atoms with Gasteiger partial charge < -0.3 is 9.67 Å². The van der Waals surface area contributed by atoms with E-state index in [2.05, 4.69) is 37.6 Å². The lowest BCUT2D eigenvalue weighted by Gasteiger charge is -2.10. The highest BCUT2D eigenvalue weighted by Crippen LogP contribution is 2.40. The zero-order valence-corrected chi connectivity index (χ0v) is 11.7. The molecule has 1 fully saturated rings. The Kier molecular flexibility index (Phi) is 2.95. The summed E-state index contributed by atoms with van der Waals surface area (Å²) >= 11 is 3.54. The second-order valence-corrected chi connectivity index (χ2v) is 5.47. The van der Waals surface area contributed by atoms with Gasteiger partial charge in [-0.05, 0) is 31.4 Å². The minimum Gasteiger partial charge on any atom is -0.388 e. The number of aliphatic hydroxyl groups excluding tert-OH is 1. The van der Waals surface area contributed by atoms with Gasteiger partial charge in [0.05, 0.1) is 0 Å². The molecule has 94 valence electrons. The molecule has 0 saturated heterocycles. The first-order valence-corrected chi connectivity index (χ1v) is 6.81. The number of hydrogen-bond acceptors (Lipinski definition) is 3. The molecule has 1 aliphatic carbocycles. The number of nitrogens with zero attached hydrogens (tertiary/aromatic N) is 3. The fraction of sp³-hybridized carbons (Fsp3) is 0.385. The smallest absolute Gasteiger partial charge is 0.164 e. The second-order valence-electron chi connectivity index (χ2n) is 4.61. The van der Waals surface area contributed by atoms with Crippen LogP contribution in [-0.2, 0) is 6.61 Å². The van der Waals surface area contributed by atoms with Crippen LogP contribution in [0.1, 0.15) is 30.3 Å². The van der Waals surface area contributed by atoms with Crippen LogP contribution in [0.5, 0.6) is 0 Å². The van der Waals surface area contributed by atoms with Crippen molar-refractivity contribution in [3.05, 3.63) is 34.1 Å². The van der Waals surface area contributed by atoms with E-state index in [-0.39, 0.29) is 6.61 Å². The van der Waals surface area contributed by atoms with Crippen molar-refractivity contribution in [2.24, 2.45) is 0 Å². The summed E-state index contributed by atoms with van der Waals surface area (Å²) in [5.41, 5.74) is 2.22. The maximum Gasteiger partial charge on any atom is 0.164 e. The molecule has 1 aliphatic rings. The molecule has 1 N–H and O–H groups in total. The standard InChI is InChI=1S/C13H14BrN3O/c1-8-10(3-2-4-11(8)14)13-16-15-12(7-18)17(13)9-5-6-9/h2-4,9,18H,5-7H2,1H3. The molecule has 0 amide bonds. The molecule has 0 aliphatic heterocycles. The van der Waals surface area contributed by atoms with Gasteiger partial charge in [-0.25, -0.2) is 0 Å². The van der Waals surface area contributed by atoms with Gasteiger partial charge in [0.15, 0.2) is 11.6 Å². The van der Waals surface area contributed by atoms with E-state index in [1.807, 2.05) is 18.2 Å². The predicted molar refractivity (Wildman–Crippen MR) is 72.1 cm³/mol. The summed E-state index contributed by atoms with van der Waals surface area (Å²) in [5.74, 6) is 1.52. The summed E-state index contributed by atoms with van der Waals surface area (Å²) in [6, 6.07) is 6.51. The maximum absolute atomic E-state index is 9.35. The molecule has 2 aromatic rings. The molecular formula is C13H14BrN3O. The topological polar surface area (TPSA) is 50.9 Å². The third kappa shape index (κ3) is 1.87. The maximum atomic E-state index is 9.35. The van der Waals surface area contributed by atoms with E-state index in [4.69, 9.17) is 0 Å². The lowest BCUT2D eigenvalue weighted by Crippen LogP contribution is -2.04. The Hall–Kier alpha value is -1.20. The highest BCUT2D eigenvalue weighted by atomic mass is 79.9. The highest BCUT2D eigenvalue weighted by Gasteiger charge is 2.30. The van der Waals surface area contributed by atoms with Gasteiger partial charge in [0.25, 0.3) is 0 Å². The van der Waals surface area contributed by atoms with Crippen LogP contribution in [0.2, 0.25) is 0 Å². The van der Waals surface area contributed by atoms with Gasteiger partial charge in [-0.1, -0.05) is 28.1 Å². The number of aliphatic hydroxyl groups is 1. The van der Waals surface area contributed by atoms with Gasteiger partial charge in [0.2, 0.25) is 0 Å². The van der Waals surface area contributed by atoms with E-state index in [1.54, 1.807) is 0 Å². The quantitative estimate of drug-likeness (QED) is 0.948. The van der Waals surface area contributed by atoms with Crippen molar-refractivity contribution in [2.75, 3.05) is 0 Å². The van der Waals surface area contributed by atoms with Gasteiger partial charge in [-0.3, -0.25) is 0 Å². The van der Waals surface area contributed by atoms with E-state index in [0.717, 1.165) is 34.3 Å².